The third-order valence-electron chi connectivity index (χ3n) is 3.51. The molecule has 0 bridgehead atoms. The summed E-state index contributed by atoms with van der Waals surface area (Å²) in [4.78, 5) is 15.4. The molecule has 1 aromatic carbocycles. The summed E-state index contributed by atoms with van der Waals surface area (Å²) in [6.07, 6.45) is -0.284. The third kappa shape index (κ3) is 3.44. The predicted octanol–water partition coefficient (Wildman–Crippen LogP) is 1.33. The Morgan fingerprint density at radius 2 is 2.10 bits per heavy atom. The smallest absolute Gasteiger partial charge is 0.409 e. The van der Waals surface area contributed by atoms with Gasteiger partial charge < -0.3 is 19.6 Å². The van der Waals surface area contributed by atoms with Crippen molar-refractivity contribution >= 4 is 11.8 Å². The molecule has 0 radical (unpaired) electrons. The number of aliphatic hydroxyl groups is 1. The van der Waals surface area contributed by atoms with Crippen LogP contribution in [-0.2, 0) is 11.3 Å². The summed E-state index contributed by atoms with van der Waals surface area (Å²) >= 11 is 0. The molecule has 1 amide bonds. The molecule has 112 valence electrons. The molecule has 1 N–H and O–H groups in total. The zero-order valence-electron chi connectivity index (χ0n) is 12.1. The minimum atomic E-state index is -0.284. The first kappa shape index (κ1) is 15.1. The second kappa shape index (κ2) is 6.95. The van der Waals surface area contributed by atoms with Crippen molar-refractivity contribution in [2.24, 2.45) is 0 Å². The average molecular weight is 289 g/mol. The van der Waals surface area contributed by atoms with E-state index < -0.39 is 0 Å². The van der Waals surface area contributed by atoms with E-state index in [-0.39, 0.29) is 12.7 Å². The van der Waals surface area contributed by atoms with Gasteiger partial charge >= 0.3 is 6.09 Å². The van der Waals surface area contributed by atoms with Crippen molar-refractivity contribution in [3.8, 4) is 6.07 Å². The summed E-state index contributed by atoms with van der Waals surface area (Å²) in [6.45, 7) is 4.55. The number of anilines is 1. The van der Waals surface area contributed by atoms with Gasteiger partial charge in [-0.25, -0.2) is 4.79 Å². The van der Waals surface area contributed by atoms with Gasteiger partial charge in [-0.1, -0.05) is 6.07 Å². The molecule has 1 saturated heterocycles. The molecule has 0 atom stereocenters. The molecule has 0 unspecified atom stereocenters. The van der Waals surface area contributed by atoms with E-state index in [0.717, 1.165) is 11.3 Å². The minimum absolute atomic E-state index is 0.0778. The van der Waals surface area contributed by atoms with Crippen molar-refractivity contribution in [2.75, 3.05) is 37.7 Å². The molecule has 6 heteroatoms. The Bertz CT molecular complexity index is 546. The van der Waals surface area contributed by atoms with Gasteiger partial charge in [0.05, 0.1) is 24.5 Å². The fraction of sp³-hybridized carbons (Fsp3) is 0.467. The lowest BCUT2D eigenvalue weighted by Crippen LogP contribution is -2.49. The molecule has 2 rings (SSSR count). The number of nitrogens with zero attached hydrogens (tertiary/aromatic N) is 3. The Labute approximate surface area is 124 Å². The van der Waals surface area contributed by atoms with E-state index in [2.05, 4.69) is 11.0 Å². The van der Waals surface area contributed by atoms with E-state index >= 15 is 0 Å². The second-order valence-corrected chi connectivity index (χ2v) is 4.79. The van der Waals surface area contributed by atoms with Gasteiger partial charge in [0, 0.05) is 26.2 Å². The van der Waals surface area contributed by atoms with Gasteiger partial charge in [-0.3, -0.25) is 0 Å². The molecular formula is C15H19N3O3. The number of hydrogen-bond acceptors (Lipinski definition) is 5. The quantitative estimate of drug-likeness (QED) is 0.908. The largest absolute Gasteiger partial charge is 0.450 e. The average Bonchev–Trinajstić information content (AvgIpc) is 2.54. The van der Waals surface area contributed by atoms with Crippen molar-refractivity contribution in [1.82, 2.24) is 4.90 Å². The van der Waals surface area contributed by atoms with E-state index in [9.17, 15) is 10.1 Å². The van der Waals surface area contributed by atoms with Gasteiger partial charge in [0.2, 0.25) is 0 Å². The maximum Gasteiger partial charge on any atom is 0.409 e. The van der Waals surface area contributed by atoms with Crippen LogP contribution in [0, 0.1) is 11.3 Å². The molecule has 1 aliphatic heterocycles. The number of carbonyl (C=O) groups excluding carboxylic acids is 1. The van der Waals surface area contributed by atoms with Crippen molar-refractivity contribution in [3.05, 3.63) is 29.3 Å². The fourth-order valence-corrected chi connectivity index (χ4v) is 2.39. The molecule has 1 heterocycles. The molecule has 1 fully saturated rings. The number of piperazine rings is 1. The summed E-state index contributed by atoms with van der Waals surface area (Å²) in [5, 5.41) is 18.4. The molecule has 0 aliphatic carbocycles. The number of nitriles is 1. The number of ether oxygens (including phenoxy) is 1. The number of benzene rings is 1. The van der Waals surface area contributed by atoms with Crippen molar-refractivity contribution < 1.29 is 14.6 Å². The van der Waals surface area contributed by atoms with Gasteiger partial charge in [-0.05, 0) is 24.6 Å². The van der Waals surface area contributed by atoms with E-state index in [1.807, 2.05) is 12.1 Å². The maximum absolute atomic E-state index is 11.7. The number of carbonyl (C=O) groups is 1. The Morgan fingerprint density at radius 3 is 2.67 bits per heavy atom. The first-order chi connectivity index (χ1) is 10.2. The predicted molar refractivity (Wildman–Crippen MR) is 77.9 cm³/mol. The van der Waals surface area contributed by atoms with Gasteiger partial charge in [0.15, 0.2) is 0 Å². The van der Waals surface area contributed by atoms with Gasteiger partial charge in [0.1, 0.15) is 6.07 Å². The lowest BCUT2D eigenvalue weighted by atomic mass is 10.1. The van der Waals surface area contributed by atoms with Crippen LogP contribution in [-0.4, -0.2) is 48.9 Å². The molecule has 0 spiro atoms. The summed E-state index contributed by atoms with van der Waals surface area (Å²) in [7, 11) is 0. The lowest BCUT2D eigenvalue weighted by molar-refractivity contribution is 0.105. The number of rotatable bonds is 3. The molecule has 6 nitrogen and oxygen atoms in total. The lowest BCUT2D eigenvalue weighted by Gasteiger charge is -2.35. The van der Waals surface area contributed by atoms with Crippen LogP contribution >= 0.6 is 0 Å². The minimum Gasteiger partial charge on any atom is -0.450 e. The van der Waals surface area contributed by atoms with Crippen LogP contribution in [0.2, 0.25) is 0 Å². The van der Waals surface area contributed by atoms with Crippen LogP contribution in [0.4, 0.5) is 10.5 Å². The van der Waals surface area contributed by atoms with Crippen LogP contribution in [0.5, 0.6) is 0 Å². The Balaban J connectivity index is 2.06. The fourth-order valence-electron chi connectivity index (χ4n) is 2.39. The molecule has 1 aromatic rings. The zero-order valence-corrected chi connectivity index (χ0v) is 12.1. The number of amides is 1. The molecular weight excluding hydrogens is 270 g/mol. The normalized spacial score (nSPS) is 14.7. The highest BCUT2D eigenvalue weighted by Crippen LogP contribution is 2.23. The summed E-state index contributed by atoms with van der Waals surface area (Å²) in [6, 6.07) is 7.53. The van der Waals surface area contributed by atoms with Crippen LogP contribution in [0.25, 0.3) is 0 Å². The van der Waals surface area contributed by atoms with Crippen molar-refractivity contribution in [1.29, 1.82) is 5.26 Å². The molecule has 1 aliphatic rings. The Morgan fingerprint density at radius 1 is 1.38 bits per heavy atom. The van der Waals surface area contributed by atoms with Crippen LogP contribution in [0.3, 0.4) is 0 Å². The van der Waals surface area contributed by atoms with Crippen molar-refractivity contribution in [2.45, 2.75) is 13.5 Å². The first-order valence-corrected chi connectivity index (χ1v) is 7.00. The van der Waals surface area contributed by atoms with Crippen molar-refractivity contribution in [3.63, 3.8) is 0 Å². The summed E-state index contributed by atoms with van der Waals surface area (Å²) in [5.41, 5.74) is 2.12. The monoisotopic (exact) mass is 289 g/mol. The number of hydrogen-bond donors (Lipinski definition) is 1. The summed E-state index contributed by atoms with van der Waals surface area (Å²) < 4.78 is 4.99. The Hall–Kier alpha value is -2.26. The zero-order chi connectivity index (χ0) is 15.2. The highest BCUT2D eigenvalue weighted by atomic mass is 16.6. The highest BCUT2D eigenvalue weighted by Gasteiger charge is 2.23. The number of aliphatic hydroxyl groups excluding tert-OH is 1. The third-order valence-corrected chi connectivity index (χ3v) is 3.51. The van der Waals surface area contributed by atoms with E-state index in [4.69, 9.17) is 9.84 Å². The van der Waals surface area contributed by atoms with E-state index in [0.29, 0.717) is 38.3 Å². The van der Waals surface area contributed by atoms with Gasteiger partial charge in [-0.2, -0.15) is 5.26 Å². The maximum atomic E-state index is 11.7. The molecule has 0 aromatic heterocycles. The van der Waals surface area contributed by atoms with Crippen LogP contribution in [0.1, 0.15) is 18.1 Å². The van der Waals surface area contributed by atoms with Gasteiger partial charge in [-0.15, -0.1) is 0 Å². The van der Waals surface area contributed by atoms with Crippen LogP contribution < -0.4 is 4.90 Å². The SMILES string of the molecule is CCOC(=O)N1CCN(c2ccc(CO)cc2C#N)CC1. The molecule has 21 heavy (non-hydrogen) atoms. The topological polar surface area (TPSA) is 76.8 Å². The molecule has 0 saturated carbocycles. The van der Waals surface area contributed by atoms with Gasteiger partial charge in [0.25, 0.3) is 0 Å². The highest BCUT2D eigenvalue weighted by molar-refractivity contribution is 5.68. The Kier molecular flexibility index (Phi) is 5.01. The first-order valence-electron chi connectivity index (χ1n) is 7.00. The van der Waals surface area contributed by atoms with E-state index in [1.165, 1.54) is 0 Å². The van der Waals surface area contributed by atoms with E-state index in [1.54, 1.807) is 17.9 Å². The summed E-state index contributed by atoms with van der Waals surface area (Å²) in [5.74, 6) is 0. The van der Waals surface area contributed by atoms with Crippen LogP contribution in [0.15, 0.2) is 18.2 Å². The standard InChI is InChI=1S/C15H19N3O3/c1-2-21-15(20)18-7-5-17(6-8-18)14-4-3-12(11-19)9-13(14)10-16/h3-4,9,19H,2,5-8,11H2,1H3. The second-order valence-electron chi connectivity index (χ2n) is 4.79.